The summed E-state index contributed by atoms with van der Waals surface area (Å²) >= 11 is 0. The minimum Gasteiger partial charge on any atom is -0.481 e. The molecule has 0 saturated carbocycles. The van der Waals surface area contributed by atoms with Crippen molar-refractivity contribution >= 4 is 17.8 Å². The van der Waals surface area contributed by atoms with Crippen molar-refractivity contribution in [3.8, 4) is 0 Å². The molecule has 0 fully saturated rings. The number of hydrogen-bond acceptors (Lipinski definition) is 3. The lowest BCUT2D eigenvalue weighted by Gasteiger charge is -2.46. The number of carbonyl (C=O) groups excluding carboxylic acids is 1. The van der Waals surface area contributed by atoms with E-state index < -0.39 is 30.1 Å². The van der Waals surface area contributed by atoms with E-state index in [1.807, 2.05) is 0 Å². The van der Waals surface area contributed by atoms with Gasteiger partial charge in [0, 0.05) is 20.3 Å². The molecule has 28 heavy (non-hydrogen) atoms. The molecule has 0 rings (SSSR count). The van der Waals surface area contributed by atoms with E-state index in [1.165, 1.54) is 45.4 Å². The SMILES string of the molecule is CCCCCCCCCCCC(=O)NC(C)[N+](C)(C)C(C)(CC(=O)O)C(=O)O. The molecule has 0 aromatic rings. The van der Waals surface area contributed by atoms with Crippen molar-refractivity contribution in [3.05, 3.63) is 0 Å². The van der Waals surface area contributed by atoms with Crippen LogP contribution in [0.15, 0.2) is 0 Å². The summed E-state index contributed by atoms with van der Waals surface area (Å²) < 4.78 is -0.155. The summed E-state index contributed by atoms with van der Waals surface area (Å²) in [6.07, 6.45) is 9.94. The highest BCUT2D eigenvalue weighted by Gasteiger charge is 2.53. The molecule has 0 radical (unpaired) electrons. The van der Waals surface area contributed by atoms with Crippen LogP contribution in [0.4, 0.5) is 0 Å². The van der Waals surface area contributed by atoms with Crippen molar-refractivity contribution in [1.29, 1.82) is 0 Å². The van der Waals surface area contributed by atoms with Crippen LogP contribution in [-0.4, -0.2) is 58.3 Å². The summed E-state index contributed by atoms with van der Waals surface area (Å²) in [4.78, 5) is 35.2. The third-order valence-corrected chi connectivity index (χ3v) is 6.07. The first-order valence-electron chi connectivity index (χ1n) is 10.6. The summed E-state index contributed by atoms with van der Waals surface area (Å²) in [6.45, 7) is 5.34. The maximum Gasteiger partial charge on any atom is 0.366 e. The van der Waals surface area contributed by atoms with Crippen molar-refractivity contribution in [1.82, 2.24) is 5.32 Å². The van der Waals surface area contributed by atoms with Crippen LogP contribution in [0.5, 0.6) is 0 Å². The Morgan fingerprint density at radius 3 is 1.82 bits per heavy atom. The van der Waals surface area contributed by atoms with E-state index in [-0.39, 0.29) is 10.4 Å². The second-order valence-corrected chi connectivity index (χ2v) is 8.51. The van der Waals surface area contributed by atoms with Crippen LogP contribution in [0.3, 0.4) is 0 Å². The second kappa shape index (κ2) is 12.8. The molecule has 164 valence electrons. The number of nitrogens with zero attached hydrogens (tertiary/aromatic N) is 1. The minimum absolute atomic E-state index is 0.121. The first-order valence-corrected chi connectivity index (χ1v) is 10.6. The van der Waals surface area contributed by atoms with Gasteiger partial charge >= 0.3 is 11.9 Å². The van der Waals surface area contributed by atoms with Gasteiger partial charge in [0.15, 0.2) is 6.17 Å². The second-order valence-electron chi connectivity index (χ2n) is 8.51. The van der Waals surface area contributed by atoms with Gasteiger partial charge < -0.3 is 15.5 Å². The number of carbonyl (C=O) groups is 3. The molecule has 0 saturated heterocycles. The van der Waals surface area contributed by atoms with Crippen molar-refractivity contribution in [2.75, 3.05) is 14.1 Å². The molecule has 2 unspecified atom stereocenters. The van der Waals surface area contributed by atoms with Gasteiger partial charge in [0.25, 0.3) is 0 Å². The van der Waals surface area contributed by atoms with Gasteiger partial charge in [0.2, 0.25) is 11.4 Å². The molecule has 0 aliphatic carbocycles. The van der Waals surface area contributed by atoms with Gasteiger partial charge in [-0.3, -0.25) is 14.1 Å². The first kappa shape index (κ1) is 26.4. The average molecular weight is 402 g/mol. The Bertz CT molecular complexity index is 507. The zero-order valence-electron chi connectivity index (χ0n) is 18.4. The highest BCUT2D eigenvalue weighted by Crippen LogP contribution is 2.27. The minimum atomic E-state index is -1.55. The summed E-state index contributed by atoms with van der Waals surface area (Å²) in [5, 5.41) is 21.6. The zero-order chi connectivity index (χ0) is 21.8. The van der Waals surface area contributed by atoms with E-state index in [0.29, 0.717) is 6.42 Å². The van der Waals surface area contributed by atoms with Crippen LogP contribution in [0, 0.1) is 0 Å². The number of aliphatic carboxylic acids is 2. The van der Waals surface area contributed by atoms with Crippen LogP contribution in [0.25, 0.3) is 0 Å². The molecular weight excluding hydrogens is 360 g/mol. The number of quaternary nitrogens is 1. The third kappa shape index (κ3) is 8.59. The molecule has 0 aliphatic rings. The van der Waals surface area contributed by atoms with Crippen LogP contribution < -0.4 is 5.32 Å². The maximum atomic E-state index is 12.2. The van der Waals surface area contributed by atoms with Crippen LogP contribution >= 0.6 is 0 Å². The fourth-order valence-corrected chi connectivity index (χ4v) is 3.31. The maximum absolute atomic E-state index is 12.2. The van der Waals surface area contributed by atoms with Crippen molar-refractivity contribution in [3.63, 3.8) is 0 Å². The Kier molecular flexibility index (Phi) is 12.0. The van der Waals surface area contributed by atoms with E-state index in [0.717, 1.165) is 19.3 Å². The van der Waals surface area contributed by atoms with Crippen LogP contribution in [0.2, 0.25) is 0 Å². The lowest BCUT2D eigenvalue weighted by Crippen LogP contribution is -2.70. The molecule has 7 heteroatoms. The van der Waals surface area contributed by atoms with E-state index in [2.05, 4.69) is 12.2 Å². The highest BCUT2D eigenvalue weighted by molar-refractivity contribution is 5.83. The molecule has 7 nitrogen and oxygen atoms in total. The van der Waals surface area contributed by atoms with E-state index in [4.69, 9.17) is 5.11 Å². The van der Waals surface area contributed by atoms with E-state index in [9.17, 15) is 19.5 Å². The number of rotatable bonds is 16. The Hall–Kier alpha value is -1.63. The molecule has 3 N–H and O–H groups in total. The Morgan fingerprint density at radius 2 is 1.39 bits per heavy atom. The first-order chi connectivity index (χ1) is 13.0. The summed E-state index contributed by atoms with van der Waals surface area (Å²) in [5.41, 5.74) is -1.55. The quantitative estimate of drug-likeness (QED) is 0.207. The topological polar surface area (TPSA) is 104 Å². The van der Waals surface area contributed by atoms with Gasteiger partial charge in [-0.25, -0.2) is 4.79 Å². The number of unbranched alkanes of at least 4 members (excludes halogenated alkanes) is 8. The predicted octanol–water partition coefficient (Wildman–Crippen LogP) is 3.76. The lowest BCUT2D eigenvalue weighted by atomic mass is 9.92. The third-order valence-electron chi connectivity index (χ3n) is 6.07. The fraction of sp³-hybridized carbons (Fsp3) is 0.857. The van der Waals surface area contributed by atoms with Crippen molar-refractivity contribution in [2.24, 2.45) is 0 Å². The van der Waals surface area contributed by atoms with Gasteiger partial charge in [0.1, 0.15) is 6.42 Å². The number of amides is 1. The molecule has 0 aromatic heterocycles. The van der Waals surface area contributed by atoms with Gasteiger partial charge in [-0.05, 0) is 6.42 Å². The number of hydrogen-bond donors (Lipinski definition) is 3. The molecule has 1 amide bonds. The highest BCUT2D eigenvalue weighted by atomic mass is 16.4. The molecule has 0 heterocycles. The normalized spacial score (nSPS) is 14.9. The molecule has 2 atom stereocenters. The van der Waals surface area contributed by atoms with Gasteiger partial charge in [-0.1, -0.05) is 58.3 Å². The lowest BCUT2D eigenvalue weighted by molar-refractivity contribution is -0.953. The predicted molar refractivity (Wildman–Crippen MR) is 110 cm³/mol. The molecule has 0 bridgehead atoms. The molecular formula is C21H41N2O5+. The molecule has 0 spiro atoms. The average Bonchev–Trinajstić information content (AvgIpc) is 2.59. The summed E-state index contributed by atoms with van der Waals surface area (Å²) in [5.74, 6) is -2.49. The van der Waals surface area contributed by atoms with Crippen LogP contribution in [0.1, 0.15) is 91.4 Å². The van der Waals surface area contributed by atoms with Crippen molar-refractivity contribution < 1.29 is 29.1 Å². The monoisotopic (exact) mass is 401 g/mol. The van der Waals surface area contributed by atoms with Crippen molar-refractivity contribution in [2.45, 2.75) is 103 Å². The number of nitrogens with one attached hydrogen (secondary N) is 1. The molecule has 0 aromatic carbocycles. The zero-order valence-corrected chi connectivity index (χ0v) is 18.4. The van der Waals surface area contributed by atoms with E-state index >= 15 is 0 Å². The Morgan fingerprint density at radius 1 is 0.929 bits per heavy atom. The standard InChI is InChI=1S/C21H40N2O5/c1-6-7-8-9-10-11-12-13-14-15-18(24)22-17(2)23(4,5)21(3,20(27)28)16-19(25)26/h17H,6-16H2,1-5H3,(H2-,22,24,25,26,27,28)/p+1. The van der Waals surface area contributed by atoms with Gasteiger partial charge in [0.05, 0.1) is 14.1 Å². The Balaban J connectivity index is 4.37. The summed E-state index contributed by atoms with van der Waals surface area (Å²) in [7, 11) is 3.28. The van der Waals surface area contributed by atoms with Gasteiger partial charge in [-0.15, -0.1) is 0 Å². The smallest absolute Gasteiger partial charge is 0.366 e. The molecule has 0 aliphatic heterocycles. The van der Waals surface area contributed by atoms with Crippen LogP contribution in [-0.2, 0) is 14.4 Å². The van der Waals surface area contributed by atoms with E-state index in [1.54, 1.807) is 21.0 Å². The Labute approximate surface area is 170 Å². The fourth-order valence-electron chi connectivity index (χ4n) is 3.31. The number of carboxylic acids is 2. The summed E-state index contributed by atoms with van der Waals surface area (Å²) in [6, 6.07) is 0. The number of carboxylic acid groups (broad SMARTS) is 2. The largest absolute Gasteiger partial charge is 0.481 e. The number of likely N-dealkylation sites (N-methyl/N-ethyl adjacent to an activating group) is 1. The van der Waals surface area contributed by atoms with Gasteiger partial charge in [-0.2, -0.15) is 0 Å².